The van der Waals surface area contributed by atoms with Crippen molar-refractivity contribution in [3.8, 4) is 11.5 Å². The fourth-order valence-electron chi connectivity index (χ4n) is 2.91. The number of hydrogen-bond acceptors (Lipinski definition) is 4. The van der Waals surface area contributed by atoms with Crippen molar-refractivity contribution in [3.05, 3.63) is 74.3 Å². The summed E-state index contributed by atoms with van der Waals surface area (Å²) in [6, 6.07) is 11.5. The second kappa shape index (κ2) is 6.95. The molecule has 3 heterocycles. The van der Waals surface area contributed by atoms with E-state index in [0.29, 0.717) is 22.3 Å². The summed E-state index contributed by atoms with van der Waals surface area (Å²) in [5.41, 5.74) is 4.05. The van der Waals surface area contributed by atoms with Crippen LogP contribution in [0.25, 0.3) is 21.7 Å². The molecule has 0 fully saturated rings. The molecule has 0 unspecified atom stereocenters. The Hall–Kier alpha value is -2.01. The average Bonchev–Trinajstić information content (AvgIpc) is 2.93. The van der Waals surface area contributed by atoms with E-state index in [-0.39, 0.29) is 0 Å². The van der Waals surface area contributed by atoms with Crippen LogP contribution < -0.4 is 0 Å². The van der Waals surface area contributed by atoms with Crippen molar-refractivity contribution < 1.29 is 0 Å². The molecular formula is C20H15Cl2N3S. The lowest BCUT2D eigenvalue weighted by Gasteiger charge is -2.08. The van der Waals surface area contributed by atoms with Gasteiger partial charge < -0.3 is 0 Å². The number of thiophene rings is 1. The summed E-state index contributed by atoms with van der Waals surface area (Å²) in [6.07, 6.45) is 2.42. The van der Waals surface area contributed by atoms with Crippen LogP contribution in [0.3, 0.4) is 0 Å². The number of halogens is 2. The molecule has 3 nitrogen and oxygen atoms in total. The van der Waals surface area contributed by atoms with Gasteiger partial charge in [-0.2, -0.15) is 0 Å². The van der Waals surface area contributed by atoms with Crippen LogP contribution in [-0.2, 0) is 6.42 Å². The number of rotatable bonds is 3. The largest absolute Gasteiger partial charge is 0.253 e. The Balaban J connectivity index is 1.89. The topological polar surface area (TPSA) is 38.7 Å². The molecule has 3 aromatic heterocycles. The van der Waals surface area contributed by atoms with Gasteiger partial charge in [-0.05, 0) is 49.2 Å². The molecule has 4 aromatic rings. The van der Waals surface area contributed by atoms with Crippen LogP contribution in [0.4, 0.5) is 0 Å². The maximum atomic E-state index is 6.19. The molecule has 1 aromatic carbocycles. The van der Waals surface area contributed by atoms with E-state index < -0.39 is 0 Å². The van der Waals surface area contributed by atoms with E-state index in [1.807, 2.05) is 36.4 Å². The molecule has 0 saturated carbocycles. The third-order valence-corrected chi connectivity index (χ3v) is 6.19. The quantitative estimate of drug-likeness (QED) is 0.407. The lowest BCUT2D eigenvalue weighted by atomic mass is 10.0. The minimum Gasteiger partial charge on any atom is -0.253 e. The minimum absolute atomic E-state index is 0.553. The molecule has 0 saturated heterocycles. The smallest absolute Gasteiger partial charge is 0.179 e. The summed E-state index contributed by atoms with van der Waals surface area (Å²) in [5, 5.41) is 2.23. The standard InChI is InChI=1S/C20H15Cl2N3S/c1-11-12(2)26-20-18(11)17(10-13-6-7-14(21)15(22)9-13)24-19(25-20)16-5-3-4-8-23-16/h3-9H,10H2,1-2H3. The van der Waals surface area contributed by atoms with Gasteiger partial charge >= 0.3 is 0 Å². The molecular weight excluding hydrogens is 385 g/mol. The highest BCUT2D eigenvalue weighted by atomic mass is 35.5. The Morgan fingerprint density at radius 2 is 1.85 bits per heavy atom. The molecule has 0 aliphatic heterocycles. The normalized spacial score (nSPS) is 11.2. The third-order valence-electron chi connectivity index (χ3n) is 4.35. The van der Waals surface area contributed by atoms with E-state index in [1.54, 1.807) is 17.5 Å². The van der Waals surface area contributed by atoms with E-state index in [0.717, 1.165) is 27.2 Å². The summed E-state index contributed by atoms with van der Waals surface area (Å²) in [5.74, 6) is 0.648. The Labute approximate surface area is 165 Å². The zero-order valence-electron chi connectivity index (χ0n) is 14.3. The minimum atomic E-state index is 0.553. The van der Waals surface area contributed by atoms with Crippen molar-refractivity contribution in [3.63, 3.8) is 0 Å². The fourth-order valence-corrected chi connectivity index (χ4v) is 4.28. The predicted octanol–water partition coefficient (Wildman–Crippen LogP) is 6.27. The van der Waals surface area contributed by atoms with Crippen LogP contribution in [-0.4, -0.2) is 15.0 Å². The number of hydrogen-bond donors (Lipinski definition) is 0. The van der Waals surface area contributed by atoms with Crippen molar-refractivity contribution in [2.75, 3.05) is 0 Å². The van der Waals surface area contributed by atoms with Gasteiger partial charge in [0.25, 0.3) is 0 Å². The van der Waals surface area contributed by atoms with Crippen LogP contribution >= 0.6 is 34.5 Å². The first-order chi connectivity index (χ1) is 12.5. The Morgan fingerprint density at radius 3 is 2.58 bits per heavy atom. The highest BCUT2D eigenvalue weighted by molar-refractivity contribution is 7.18. The first-order valence-corrected chi connectivity index (χ1v) is 9.72. The number of pyridine rings is 1. The van der Waals surface area contributed by atoms with Crippen molar-refractivity contribution in [2.24, 2.45) is 0 Å². The average molecular weight is 400 g/mol. The molecule has 26 heavy (non-hydrogen) atoms. The molecule has 4 rings (SSSR count). The van der Waals surface area contributed by atoms with Crippen LogP contribution in [0.2, 0.25) is 10.0 Å². The van der Waals surface area contributed by atoms with E-state index in [1.165, 1.54) is 10.4 Å². The lowest BCUT2D eigenvalue weighted by molar-refractivity contribution is 1.06. The van der Waals surface area contributed by atoms with Gasteiger partial charge in [0.1, 0.15) is 10.5 Å². The predicted molar refractivity (Wildman–Crippen MR) is 109 cm³/mol. The van der Waals surface area contributed by atoms with Gasteiger partial charge in [0.05, 0.1) is 15.7 Å². The Morgan fingerprint density at radius 1 is 1.00 bits per heavy atom. The summed E-state index contributed by atoms with van der Waals surface area (Å²) in [7, 11) is 0. The summed E-state index contributed by atoms with van der Waals surface area (Å²) >= 11 is 13.9. The van der Waals surface area contributed by atoms with E-state index in [9.17, 15) is 0 Å². The van der Waals surface area contributed by atoms with E-state index in [2.05, 4.69) is 18.8 Å². The van der Waals surface area contributed by atoms with Crippen molar-refractivity contribution >= 4 is 44.8 Å². The van der Waals surface area contributed by atoms with Crippen molar-refractivity contribution in [1.29, 1.82) is 0 Å². The van der Waals surface area contributed by atoms with Gasteiger partial charge in [0, 0.05) is 22.9 Å². The summed E-state index contributed by atoms with van der Waals surface area (Å²) < 4.78 is 0. The van der Waals surface area contributed by atoms with Crippen molar-refractivity contribution in [1.82, 2.24) is 15.0 Å². The summed E-state index contributed by atoms with van der Waals surface area (Å²) in [4.78, 5) is 16.3. The Bertz CT molecular complexity index is 1110. The number of aromatic nitrogens is 3. The first kappa shape index (κ1) is 17.4. The van der Waals surface area contributed by atoms with Gasteiger partial charge in [-0.1, -0.05) is 35.3 Å². The van der Waals surface area contributed by atoms with E-state index in [4.69, 9.17) is 33.2 Å². The summed E-state index contributed by atoms with van der Waals surface area (Å²) in [6.45, 7) is 4.24. The van der Waals surface area contributed by atoms with Gasteiger partial charge in [-0.3, -0.25) is 4.98 Å². The van der Waals surface area contributed by atoms with Gasteiger partial charge in [0.2, 0.25) is 0 Å². The van der Waals surface area contributed by atoms with Crippen LogP contribution in [0, 0.1) is 13.8 Å². The Kier molecular flexibility index (Phi) is 4.65. The fraction of sp³-hybridized carbons (Fsp3) is 0.150. The van der Waals surface area contributed by atoms with Crippen LogP contribution in [0.15, 0.2) is 42.6 Å². The zero-order chi connectivity index (χ0) is 18.3. The van der Waals surface area contributed by atoms with Crippen LogP contribution in [0.1, 0.15) is 21.7 Å². The van der Waals surface area contributed by atoms with Crippen LogP contribution in [0.5, 0.6) is 0 Å². The monoisotopic (exact) mass is 399 g/mol. The van der Waals surface area contributed by atoms with Gasteiger partial charge in [-0.25, -0.2) is 9.97 Å². The lowest BCUT2D eigenvalue weighted by Crippen LogP contribution is -2.00. The molecule has 0 atom stereocenters. The maximum Gasteiger partial charge on any atom is 0.179 e. The molecule has 0 amide bonds. The van der Waals surface area contributed by atoms with Gasteiger partial charge in [0.15, 0.2) is 5.82 Å². The van der Waals surface area contributed by atoms with Crippen molar-refractivity contribution in [2.45, 2.75) is 20.3 Å². The number of benzene rings is 1. The molecule has 6 heteroatoms. The second-order valence-corrected chi connectivity index (χ2v) is 8.12. The molecule has 0 bridgehead atoms. The molecule has 0 aliphatic rings. The second-order valence-electron chi connectivity index (χ2n) is 6.10. The first-order valence-electron chi connectivity index (χ1n) is 8.15. The number of fused-ring (bicyclic) bond motifs is 1. The third kappa shape index (κ3) is 3.20. The zero-order valence-corrected chi connectivity index (χ0v) is 16.6. The van der Waals surface area contributed by atoms with Gasteiger partial charge in [-0.15, -0.1) is 11.3 Å². The number of aryl methyl sites for hydroxylation is 2. The highest BCUT2D eigenvalue weighted by Gasteiger charge is 2.16. The molecule has 0 radical (unpaired) electrons. The maximum absolute atomic E-state index is 6.19. The SMILES string of the molecule is Cc1sc2nc(-c3ccccn3)nc(Cc3ccc(Cl)c(Cl)c3)c2c1C. The highest BCUT2D eigenvalue weighted by Crippen LogP contribution is 2.33. The molecule has 0 spiro atoms. The molecule has 130 valence electrons. The molecule has 0 aliphatic carbocycles. The number of nitrogens with zero attached hydrogens (tertiary/aromatic N) is 3. The molecule has 0 N–H and O–H groups in total. The van der Waals surface area contributed by atoms with E-state index >= 15 is 0 Å².